The van der Waals surface area contributed by atoms with Crippen LogP contribution in [0.5, 0.6) is 0 Å². The van der Waals surface area contributed by atoms with E-state index >= 15 is 0 Å². The number of rotatable bonds is 4. The monoisotopic (exact) mass is 656 g/mol. The lowest BCUT2D eigenvalue weighted by Gasteiger charge is -2.27. The zero-order valence-corrected chi connectivity index (χ0v) is 27.7. The molecule has 50 heavy (non-hydrogen) atoms. The molecule has 0 N–H and O–H groups in total. The van der Waals surface area contributed by atoms with E-state index in [2.05, 4.69) is 173 Å². The van der Waals surface area contributed by atoms with Crippen molar-refractivity contribution in [1.82, 2.24) is 4.57 Å². The molecule has 4 heteroatoms. The van der Waals surface area contributed by atoms with E-state index in [0.29, 0.717) is 0 Å². The Hall–Kier alpha value is -6.36. The van der Waals surface area contributed by atoms with Crippen molar-refractivity contribution in [2.24, 2.45) is 0 Å². The van der Waals surface area contributed by atoms with Crippen LogP contribution in [0.2, 0.25) is 0 Å². The highest BCUT2D eigenvalue weighted by atomic mass is 32.1. The third-order valence-corrected chi connectivity index (χ3v) is 11.3. The summed E-state index contributed by atoms with van der Waals surface area (Å²) in [7, 11) is 0. The van der Waals surface area contributed by atoms with Crippen molar-refractivity contribution < 1.29 is 4.42 Å². The third kappa shape index (κ3) is 3.91. The lowest BCUT2D eigenvalue weighted by Crippen LogP contribution is -2.12. The summed E-state index contributed by atoms with van der Waals surface area (Å²) in [6.07, 6.45) is 0. The quantitative estimate of drug-likeness (QED) is 0.188. The van der Waals surface area contributed by atoms with Gasteiger partial charge in [0, 0.05) is 53.1 Å². The van der Waals surface area contributed by atoms with Gasteiger partial charge in [-0.15, -0.1) is 11.3 Å². The molecule has 0 spiro atoms. The molecule has 3 nitrogen and oxygen atoms in total. The lowest BCUT2D eigenvalue weighted by molar-refractivity contribution is 0.669. The van der Waals surface area contributed by atoms with Crippen LogP contribution in [0.15, 0.2) is 174 Å². The van der Waals surface area contributed by atoms with Crippen LogP contribution in [-0.2, 0) is 0 Å². The summed E-state index contributed by atoms with van der Waals surface area (Å²) < 4.78 is 11.8. The summed E-state index contributed by atoms with van der Waals surface area (Å²) in [6.45, 7) is 0. The molecular formula is C46H28N2OS. The largest absolute Gasteiger partial charge is 0.454 e. The molecule has 0 saturated heterocycles. The number of nitrogens with zero attached hydrogens (tertiary/aromatic N) is 2. The molecule has 0 saturated carbocycles. The van der Waals surface area contributed by atoms with E-state index in [4.69, 9.17) is 4.42 Å². The molecule has 0 aliphatic heterocycles. The molecule has 0 bridgehead atoms. The van der Waals surface area contributed by atoms with Gasteiger partial charge in [0.25, 0.3) is 0 Å². The third-order valence-electron chi connectivity index (χ3n) is 10.2. The van der Waals surface area contributed by atoms with Crippen molar-refractivity contribution >= 4 is 103 Å². The van der Waals surface area contributed by atoms with Crippen molar-refractivity contribution in [2.45, 2.75) is 0 Å². The van der Waals surface area contributed by atoms with Gasteiger partial charge >= 0.3 is 0 Å². The first-order chi connectivity index (χ1) is 24.8. The van der Waals surface area contributed by atoms with Gasteiger partial charge in [0.2, 0.25) is 0 Å². The van der Waals surface area contributed by atoms with Crippen molar-refractivity contribution in [2.75, 3.05) is 4.90 Å². The Morgan fingerprint density at radius 2 is 1.20 bits per heavy atom. The van der Waals surface area contributed by atoms with Crippen molar-refractivity contribution in [3.05, 3.63) is 170 Å². The Kier molecular flexibility index (Phi) is 5.83. The lowest BCUT2D eigenvalue weighted by atomic mass is 10.0. The van der Waals surface area contributed by atoms with Gasteiger partial charge in [-0.3, -0.25) is 0 Å². The number of aromatic nitrogens is 1. The normalized spacial score (nSPS) is 12.0. The molecule has 0 unspecified atom stereocenters. The number of furan rings is 1. The molecule has 0 fully saturated rings. The van der Waals surface area contributed by atoms with E-state index in [1.54, 1.807) is 0 Å². The topological polar surface area (TPSA) is 21.3 Å². The van der Waals surface area contributed by atoms with Gasteiger partial charge in [-0.1, -0.05) is 109 Å². The minimum absolute atomic E-state index is 0.868. The number of para-hydroxylation sites is 5. The highest BCUT2D eigenvalue weighted by Crippen LogP contribution is 2.48. The maximum Gasteiger partial charge on any atom is 0.159 e. The number of hydrogen-bond acceptors (Lipinski definition) is 3. The predicted octanol–water partition coefficient (Wildman–Crippen LogP) is 13.7. The van der Waals surface area contributed by atoms with E-state index < -0.39 is 0 Å². The maximum atomic E-state index is 6.73. The Balaban J connectivity index is 1.26. The number of anilines is 3. The van der Waals surface area contributed by atoms with Crippen LogP contribution in [0.1, 0.15) is 0 Å². The Morgan fingerprint density at radius 1 is 0.480 bits per heavy atom. The fourth-order valence-electron chi connectivity index (χ4n) is 8.02. The van der Waals surface area contributed by atoms with E-state index in [1.807, 2.05) is 17.4 Å². The molecular weight excluding hydrogens is 629 g/mol. The molecule has 0 amide bonds. The van der Waals surface area contributed by atoms with Gasteiger partial charge < -0.3 is 13.9 Å². The number of hydrogen-bond donors (Lipinski definition) is 0. The molecule has 11 rings (SSSR count). The zero-order valence-electron chi connectivity index (χ0n) is 26.9. The summed E-state index contributed by atoms with van der Waals surface area (Å²) in [5.41, 5.74) is 8.35. The van der Waals surface area contributed by atoms with Gasteiger partial charge in [-0.05, 0) is 71.4 Å². The minimum Gasteiger partial charge on any atom is -0.454 e. The van der Waals surface area contributed by atoms with E-state index in [-0.39, 0.29) is 0 Å². The van der Waals surface area contributed by atoms with Gasteiger partial charge in [0.15, 0.2) is 5.58 Å². The van der Waals surface area contributed by atoms with Gasteiger partial charge in [-0.2, -0.15) is 0 Å². The fraction of sp³-hybridized carbons (Fsp3) is 0. The first-order valence-corrected chi connectivity index (χ1v) is 17.8. The van der Waals surface area contributed by atoms with Crippen LogP contribution < -0.4 is 4.90 Å². The fourth-order valence-corrected chi connectivity index (χ4v) is 9.14. The summed E-state index contributed by atoms with van der Waals surface area (Å²) in [6, 6.07) is 61.2. The van der Waals surface area contributed by atoms with Crippen molar-refractivity contribution in [3.63, 3.8) is 0 Å². The molecule has 11 aromatic rings. The van der Waals surface area contributed by atoms with Crippen LogP contribution in [0.3, 0.4) is 0 Å². The first-order valence-electron chi connectivity index (χ1n) is 16.9. The van der Waals surface area contributed by atoms with Gasteiger partial charge in [0.05, 0.1) is 22.4 Å². The molecule has 234 valence electrons. The predicted molar refractivity (Wildman–Crippen MR) is 213 cm³/mol. The minimum atomic E-state index is 0.868. The smallest absolute Gasteiger partial charge is 0.159 e. The highest BCUT2D eigenvalue weighted by molar-refractivity contribution is 7.26. The summed E-state index contributed by atoms with van der Waals surface area (Å²) in [4.78, 5) is 2.40. The van der Waals surface area contributed by atoms with E-state index in [9.17, 15) is 0 Å². The maximum absolute atomic E-state index is 6.73. The molecule has 8 aromatic carbocycles. The summed E-state index contributed by atoms with van der Waals surface area (Å²) in [5, 5.41) is 9.76. The van der Waals surface area contributed by atoms with Crippen molar-refractivity contribution in [1.29, 1.82) is 0 Å². The Morgan fingerprint density at radius 3 is 2.10 bits per heavy atom. The van der Waals surface area contributed by atoms with Crippen LogP contribution in [0, 0.1) is 0 Å². The standard InChI is InChI=1S/C46H28N2OS/c1-2-12-30(13-3-1)48-38-19-7-4-14-33(38)35-17-10-20-39(45(35)48)47(40-21-11-18-36-34-15-5-8-22-41(34)49-46(36)40)31-25-26-32-29(28-31)24-27-43-44(32)37-16-6-9-23-42(37)50-43/h1-28H. The van der Waals surface area contributed by atoms with E-state index in [0.717, 1.165) is 50.2 Å². The first kappa shape index (κ1) is 27.6. The zero-order chi connectivity index (χ0) is 32.8. The number of thiophene rings is 1. The van der Waals surface area contributed by atoms with Gasteiger partial charge in [0.1, 0.15) is 5.58 Å². The average molecular weight is 657 g/mol. The molecule has 0 aliphatic carbocycles. The molecule has 3 aromatic heterocycles. The number of fused-ring (bicyclic) bond motifs is 11. The van der Waals surface area contributed by atoms with Crippen LogP contribution in [0.4, 0.5) is 17.1 Å². The van der Waals surface area contributed by atoms with E-state index in [1.165, 1.54) is 47.2 Å². The van der Waals surface area contributed by atoms with Crippen LogP contribution >= 0.6 is 11.3 Å². The second-order valence-corrected chi connectivity index (χ2v) is 14.0. The number of benzene rings is 8. The summed E-state index contributed by atoms with van der Waals surface area (Å²) >= 11 is 1.86. The Labute approximate surface area is 291 Å². The second kappa shape index (κ2) is 10.6. The van der Waals surface area contributed by atoms with Crippen LogP contribution in [-0.4, -0.2) is 4.57 Å². The second-order valence-electron chi connectivity index (χ2n) is 12.9. The van der Waals surface area contributed by atoms with Gasteiger partial charge in [-0.25, -0.2) is 0 Å². The molecule has 0 aliphatic rings. The SMILES string of the molecule is c1ccc(-n2c3ccccc3c3cccc(N(c4ccc5c(ccc6sc7ccccc7c65)c4)c4cccc5c4oc4ccccc45)c32)cc1. The highest BCUT2D eigenvalue weighted by Gasteiger charge is 2.24. The van der Waals surface area contributed by atoms with Crippen molar-refractivity contribution in [3.8, 4) is 5.69 Å². The molecule has 0 radical (unpaired) electrons. The Bertz CT molecular complexity index is 3110. The molecule has 3 heterocycles. The van der Waals surface area contributed by atoms with Crippen LogP contribution in [0.25, 0.3) is 80.4 Å². The molecule has 0 atom stereocenters. The summed E-state index contributed by atoms with van der Waals surface area (Å²) in [5.74, 6) is 0. The average Bonchev–Trinajstić information content (AvgIpc) is 3.86.